The molecule has 0 amide bonds. The van der Waals surface area contributed by atoms with E-state index in [2.05, 4.69) is 20.9 Å². The lowest BCUT2D eigenvalue weighted by Gasteiger charge is -2.04. The van der Waals surface area contributed by atoms with E-state index in [1.807, 2.05) is 0 Å². The molecule has 0 fully saturated rings. The molecule has 0 N–H and O–H groups in total. The standard InChI is InChI=1S/C6H2BrClF2N2O4S/c7-2-1-3(12(13)14)4(5(9)10)11-6(2)17(8,15)16/h1,5H. The van der Waals surface area contributed by atoms with Crippen LogP contribution in [0.2, 0.25) is 0 Å². The minimum absolute atomic E-state index is 0.358. The third-order valence-corrected chi connectivity index (χ3v) is 3.67. The molecular weight excluding hydrogens is 349 g/mol. The van der Waals surface area contributed by atoms with E-state index >= 15 is 0 Å². The quantitative estimate of drug-likeness (QED) is 0.474. The van der Waals surface area contributed by atoms with Crippen molar-refractivity contribution in [2.75, 3.05) is 0 Å². The molecule has 0 saturated heterocycles. The molecule has 1 aromatic heterocycles. The molecule has 0 bridgehead atoms. The van der Waals surface area contributed by atoms with E-state index in [1.54, 1.807) is 0 Å². The lowest BCUT2D eigenvalue weighted by atomic mass is 10.3. The highest BCUT2D eigenvalue weighted by molar-refractivity contribution is 9.10. The molecule has 11 heteroatoms. The Morgan fingerprint density at radius 3 is 2.41 bits per heavy atom. The number of alkyl halides is 2. The molecule has 6 nitrogen and oxygen atoms in total. The van der Waals surface area contributed by atoms with E-state index in [9.17, 15) is 27.3 Å². The van der Waals surface area contributed by atoms with Gasteiger partial charge < -0.3 is 0 Å². The minimum atomic E-state index is -4.37. The van der Waals surface area contributed by atoms with Gasteiger partial charge in [0, 0.05) is 16.7 Å². The number of hydrogen-bond donors (Lipinski definition) is 0. The monoisotopic (exact) mass is 350 g/mol. The first-order valence-electron chi connectivity index (χ1n) is 3.72. The highest BCUT2D eigenvalue weighted by atomic mass is 79.9. The van der Waals surface area contributed by atoms with Crippen LogP contribution < -0.4 is 0 Å². The fourth-order valence-electron chi connectivity index (χ4n) is 0.954. The molecule has 0 radical (unpaired) electrons. The van der Waals surface area contributed by atoms with Crippen LogP contribution in [0, 0.1) is 10.1 Å². The van der Waals surface area contributed by atoms with E-state index in [1.165, 1.54) is 0 Å². The summed E-state index contributed by atoms with van der Waals surface area (Å²) in [5, 5.41) is 9.58. The summed E-state index contributed by atoms with van der Waals surface area (Å²) in [7, 11) is 0.564. The van der Waals surface area contributed by atoms with Gasteiger partial charge >= 0.3 is 0 Å². The van der Waals surface area contributed by atoms with E-state index in [4.69, 9.17) is 10.7 Å². The molecule has 0 aliphatic rings. The zero-order chi connectivity index (χ0) is 13.4. The van der Waals surface area contributed by atoms with Gasteiger partial charge in [-0.25, -0.2) is 22.2 Å². The third kappa shape index (κ3) is 3.07. The molecule has 1 heterocycles. The normalized spacial score (nSPS) is 11.8. The van der Waals surface area contributed by atoms with Crippen molar-refractivity contribution < 1.29 is 22.1 Å². The Balaban J connectivity index is 3.63. The number of pyridine rings is 1. The van der Waals surface area contributed by atoms with Gasteiger partial charge in [0.1, 0.15) is 0 Å². The second-order valence-electron chi connectivity index (χ2n) is 2.68. The molecule has 0 spiro atoms. The summed E-state index contributed by atoms with van der Waals surface area (Å²) in [4.78, 5) is 12.4. The summed E-state index contributed by atoms with van der Waals surface area (Å²) in [6.07, 6.45) is -3.29. The predicted molar refractivity (Wildman–Crippen MR) is 56.6 cm³/mol. The topological polar surface area (TPSA) is 90.2 Å². The lowest BCUT2D eigenvalue weighted by Crippen LogP contribution is -2.05. The van der Waals surface area contributed by atoms with Crippen LogP contribution in [0.5, 0.6) is 0 Å². The van der Waals surface area contributed by atoms with Crippen molar-refractivity contribution in [3.8, 4) is 0 Å². The van der Waals surface area contributed by atoms with Crippen LogP contribution in [0.1, 0.15) is 12.1 Å². The van der Waals surface area contributed by atoms with Crippen molar-refractivity contribution in [1.29, 1.82) is 0 Å². The van der Waals surface area contributed by atoms with E-state index in [-0.39, 0.29) is 4.47 Å². The van der Waals surface area contributed by atoms with Gasteiger partial charge in [-0.05, 0) is 15.9 Å². The molecule has 17 heavy (non-hydrogen) atoms. The van der Waals surface area contributed by atoms with Gasteiger partial charge in [0.2, 0.25) is 0 Å². The zero-order valence-corrected chi connectivity index (χ0v) is 10.8. The summed E-state index contributed by atoms with van der Waals surface area (Å²) < 4.78 is 46.5. The number of aromatic nitrogens is 1. The molecule has 0 aliphatic carbocycles. The zero-order valence-electron chi connectivity index (χ0n) is 7.60. The number of nitrogens with zero attached hydrogens (tertiary/aromatic N) is 2. The average Bonchev–Trinajstić information content (AvgIpc) is 2.14. The van der Waals surface area contributed by atoms with Crippen molar-refractivity contribution >= 4 is 41.4 Å². The van der Waals surface area contributed by atoms with E-state index in [0.29, 0.717) is 6.07 Å². The van der Waals surface area contributed by atoms with Crippen LogP contribution in [0.25, 0.3) is 0 Å². The first kappa shape index (κ1) is 14.2. The summed E-state index contributed by atoms with van der Waals surface area (Å²) >= 11 is 2.66. The maximum absolute atomic E-state index is 12.5. The van der Waals surface area contributed by atoms with Gasteiger partial charge in [-0.2, -0.15) is 0 Å². The van der Waals surface area contributed by atoms with Crippen LogP contribution in [-0.2, 0) is 9.05 Å². The third-order valence-electron chi connectivity index (χ3n) is 1.59. The second kappa shape index (κ2) is 4.78. The first-order chi connectivity index (χ1) is 7.64. The smallest absolute Gasteiger partial charge is 0.258 e. The molecule has 0 unspecified atom stereocenters. The van der Waals surface area contributed by atoms with E-state index < -0.39 is 36.8 Å². The summed E-state index contributed by atoms with van der Waals surface area (Å²) in [6, 6.07) is 0.615. The predicted octanol–water partition coefficient (Wildman–Crippen LogP) is 2.62. The van der Waals surface area contributed by atoms with Gasteiger partial charge in [0.05, 0.1) is 9.40 Å². The van der Waals surface area contributed by atoms with Crippen molar-refractivity contribution in [2.24, 2.45) is 0 Å². The van der Waals surface area contributed by atoms with Crippen LogP contribution in [-0.4, -0.2) is 18.3 Å². The molecule has 1 rings (SSSR count). The van der Waals surface area contributed by atoms with E-state index in [0.717, 1.165) is 0 Å². The maximum atomic E-state index is 12.5. The number of rotatable bonds is 3. The average molecular weight is 352 g/mol. The van der Waals surface area contributed by atoms with Crippen molar-refractivity contribution in [2.45, 2.75) is 11.5 Å². The summed E-state index contributed by atoms with van der Waals surface area (Å²) in [5.74, 6) is 0. The van der Waals surface area contributed by atoms with Crippen LogP contribution in [0.15, 0.2) is 15.6 Å². The highest BCUT2D eigenvalue weighted by Crippen LogP contribution is 2.33. The number of hydrogen-bond acceptors (Lipinski definition) is 5. The van der Waals surface area contributed by atoms with Crippen molar-refractivity contribution in [1.82, 2.24) is 4.98 Å². The van der Waals surface area contributed by atoms with Crippen LogP contribution >= 0.6 is 26.6 Å². The number of halogens is 4. The molecule has 0 aromatic carbocycles. The van der Waals surface area contributed by atoms with Crippen LogP contribution in [0.4, 0.5) is 14.5 Å². The lowest BCUT2D eigenvalue weighted by molar-refractivity contribution is -0.386. The largest absolute Gasteiger partial charge is 0.297 e. The number of nitro groups is 1. The van der Waals surface area contributed by atoms with Crippen molar-refractivity contribution in [3.63, 3.8) is 0 Å². The second-order valence-corrected chi connectivity index (χ2v) is 6.01. The van der Waals surface area contributed by atoms with Gasteiger partial charge in [0.15, 0.2) is 10.7 Å². The van der Waals surface area contributed by atoms with Gasteiger partial charge in [-0.3, -0.25) is 10.1 Å². The van der Waals surface area contributed by atoms with Crippen molar-refractivity contribution in [3.05, 3.63) is 26.3 Å². The molecule has 0 saturated carbocycles. The SMILES string of the molecule is O=[N+]([O-])c1cc(Br)c(S(=O)(=O)Cl)nc1C(F)F. The molecule has 1 aromatic rings. The van der Waals surface area contributed by atoms with Gasteiger partial charge in [-0.15, -0.1) is 0 Å². The summed E-state index contributed by atoms with van der Waals surface area (Å²) in [5.41, 5.74) is -2.24. The van der Waals surface area contributed by atoms with Gasteiger partial charge in [0.25, 0.3) is 21.2 Å². The Labute approximate surface area is 106 Å². The first-order valence-corrected chi connectivity index (χ1v) is 6.82. The Hall–Kier alpha value is -0.870. The molecular formula is C6H2BrClF2N2O4S. The Kier molecular flexibility index (Phi) is 3.99. The van der Waals surface area contributed by atoms with Gasteiger partial charge in [-0.1, -0.05) is 0 Å². The fraction of sp³-hybridized carbons (Fsp3) is 0.167. The fourth-order valence-corrected chi connectivity index (χ4v) is 3.03. The Morgan fingerprint density at radius 2 is 2.06 bits per heavy atom. The maximum Gasteiger partial charge on any atom is 0.297 e. The molecule has 0 aliphatic heterocycles. The van der Waals surface area contributed by atoms with Crippen LogP contribution in [0.3, 0.4) is 0 Å². The molecule has 94 valence electrons. The highest BCUT2D eigenvalue weighted by Gasteiger charge is 2.29. The minimum Gasteiger partial charge on any atom is -0.258 e. The summed E-state index contributed by atoms with van der Waals surface area (Å²) in [6.45, 7) is 0. The Morgan fingerprint density at radius 1 is 1.53 bits per heavy atom. The Bertz CT molecular complexity index is 580. The molecule has 0 atom stereocenters.